The van der Waals surface area contributed by atoms with Gasteiger partial charge < -0.3 is 15.5 Å². The number of hydrogen-bond acceptors (Lipinski definition) is 6. The summed E-state index contributed by atoms with van der Waals surface area (Å²) in [7, 11) is 0. The molecule has 30 heavy (non-hydrogen) atoms. The molecular weight excluding hydrogens is 386 g/mol. The number of nitrogens with one attached hydrogen (secondary N) is 2. The van der Waals surface area contributed by atoms with Crippen LogP contribution in [0, 0.1) is 10.1 Å². The number of nitro groups is 1. The van der Waals surface area contributed by atoms with Crippen LogP contribution in [-0.4, -0.2) is 60.9 Å². The zero-order valence-electron chi connectivity index (χ0n) is 16.6. The van der Waals surface area contributed by atoms with E-state index in [1.165, 1.54) is 30.0 Å². The van der Waals surface area contributed by atoms with Crippen LogP contribution in [0.15, 0.2) is 54.6 Å². The zero-order chi connectivity index (χ0) is 21.3. The first-order chi connectivity index (χ1) is 14.5. The number of carbonyl (C=O) groups excluding carboxylic acids is 2. The minimum absolute atomic E-state index is 0.152. The number of rotatable bonds is 7. The first kappa shape index (κ1) is 21.3. The maximum atomic E-state index is 12.0. The average Bonchev–Trinajstić information content (AvgIpc) is 2.77. The van der Waals surface area contributed by atoms with Crippen molar-refractivity contribution in [1.82, 2.24) is 10.2 Å². The topological polar surface area (TPSA) is 108 Å². The number of non-ortho nitro benzene ring substituents is 1. The second kappa shape index (κ2) is 10.4. The largest absolute Gasteiger partial charge is 0.369 e. The lowest BCUT2D eigenvalue weighted by molar-refractivity contribution is -0.384. The van der Waals surface area contributed by atoms with Crippen LogP contribution in [0.4, 0.5) is 17.1 Å². The van der Waals surface area contributed by atoms with Gasteiger partial charge >= 0.3 is 11.8 Å². The van der Waals surface area contributed by atoms with Crippen molar-refractivity contribution in [3.8, 4) is 0 Å². The highest BCUT2D eigenvalue weighted by Gasteiger charge is 2.18. The minimum atomic E-state index is -0.841. The van der Waals surface area contributed by atoms with E-state index < -0.39 is 16.7 Å². The molecule has 0 unspecified atom stereocenters. The van der Waals surface area contributed by atoms with Crippen molar-refractivity contribution in [3.63, 3.8) is 0 Å². The molecule has 9 heteroatoms. The third-order valence-corrected chi connectivity index (χ3v) is 4.95. The number of benzene rings is 2. The Morgan fingerprint density at radius 1 is 0.967 bits per heavy atom. The molecule has 0 saturated carbocycles. The van der Waals surface area contributed by atoms with E-state index in [1.54, 1.807) is 0 Å². The molecule has 1 aliphatic rings. The van der Waals surface area contributed by atoms with Crippen LogP contribution in [0.3, 0.4) is 0 Å². The fourth-order valence-electron chi connectivity index (χ4n) is 3.34. The molecule has 2 aromatic carbocycles. The van der Waals surface area contributed by atoms with Crippen molar-refractivity contribution in [1.29, 1.82) is 0 Å². The molecule has 0 spiro atoms. The molecule has 1 fully saturated rings. The quantitative estimate of drug-likeness (QED) is 0.312. The monoisotopic (exact) mass is 411 g/mol. The highest BCUT2D eigenvalue weighted by Crippen LogP contribution is 2.17. The van der Waals surface area contributed by atoms with Gasteiger partial charge in [0.05, 0.1) is 4.92 Å². The molecule has 0 aromatic heterocycles. The summed E-state index contributed by atoms with van der Waals surface area (Å²) in [5, 5.41) is 15.7. The molecule has 2 N–H and O–H groups in total. The molecule has 1 saturated heterocycles. The molecule has 1 aliphatic heterocycles. The predicted molar refractivity (Wildman–Crippen MR) is 114 cm³/mol. The Balaban J connectivity index is 1.33. The van der Waals surface area contributed by atoms with E-state index in [4.69, 9.17) is 0 Å². The van der Waals surface area contributed by atoms with Crippen LogP contribution in [-0.2, 0) is 9.59 Å². The summed E-state index contributed by atoms with van der Waals surface area (Å²) in [6.07, 6.45) is 0.737. The van der Waals surface area contributed by atoms with E-state index in [9.17, 15) is 19.7 Å². The van der Waals surface area contributed by atoms with Gasteiger partial charge in [-0.1, -0.05) is 24.3 Å². The van der Waals surface area contributed by atoms with E-state index in [0.29, 0.717) is 6.54 Å². The molecule has 3 rings (SSSR count). The number of piperazine rings is 1. The second-order valence-corrected chi connectivity index (χ2v) is 7.04. The molecule has 2 aromatic rings. The predicted octanol–water partition coefficient (Wildman–Crippen LogP) is 1.86. The Kier molecular flexibility index (Phi) is 7.34. The molecule has 2 amide bonds. The van der Waals surface area contributed by atoms with Gasteiger partial charge in [-0.15, -0.1) is 0 Å². The van der Waals surface area contributed by atoms with Gasteiger partial charge in [0.15, 0.2) is 0 Å². The number of amides is 2. The van der Waals surface area contributed by atoms with Gasteiger partial charge in [0.1, 0.15) is 0 Å². The van der Waals surface area contributed by atoms with E-state index >= 15 is 0 Å². The molecular formula is C21H25N5O4. The van der Waals surface area contributed by atoms with Crippen molar-refractivity contribution in [3.05, 3.63) is 64.7 Å². The summed E-state index contributed by atoms with van der Waals surface area (Å²) >= 11 is 0. The highest BCUT2D eigenvalue weighted by molar-refractivity contribution is 6.39. The summed E-state index contributed by atoms with van der Waals surface area (Å²) < 4.78 is 0. The summed E-state index contributed by atoms with van der Waals surface area (Å²) in [6, 6.07) is 15.8. The van der Waals surface area contributed by atoms with Gasteiger partial charge in [-0.2, -0.15) is 0 Å². The molecule has 9 nitrogen and oxygen atoms in total. The Morgan fingerprint density at radius 3 is 2.40 bits per heavy atom. The van der Waals surface area contributed by atoms with Crippen molar-refractivity contribution < 1.29 is 14.5 Å². The van der Waals surface area contributed by atoms with Crippen LogP contribution in [0.2, 0.25) is 0 Å². The lowest BCUT2D eigenvalue weighted by atomic mass is 10.2. The summed E-state index contributed by atoms with van der Waals surface area (Å²) in [5.41, 5.74) is 1.29. The van der Waals surface area contributed by atoms with Gasteiger partial charge in [-0.3, -0.25) is 24.6 Å². The third kappa shape index (κ3) is 6.02. The molecule has 0 radical (unpaired) electrons. The average molecular weight is 411 g/mol. The van der Waals surface area contributed by atoms with E-state index in [-0.39, 0.29) is 11.4 Å². The van der Waals surface area contributed by atoms with Gasteiger partial charge in [-0.05, 0) is 31.2 Å². The molecule has 0 aliphatic carbocycles. The van der Waals surface area contributed by atoms with E-state index in [0.717, 1.165) is 39.1 Å². The Hall–Kier alpha value is -3.46. The third-order valence-electron chi connectivity index (χ3n) is 4.95. The maximum absolute atomic E-state index is 12.0. The first-order valence-electron chi connectivity index (χ1n) is 9.89. The Bertz CT molecular complexity index is 882. The number of carbonyl (C=O) groups is 2. The fraction of sp³-hybridized carbons (Fsp3) is 0.333. The van der Waals surface area contributed by atoms with Crippen LogP contribution >= 0.6 is 0 Å². The second-order valence-electron chi connectivity index (χ2n) is 7.04. The minimum Gasteiger partial charge on any atom is -0.369 e. The first-order valence-corrected chi connectivity index (χ1v) is 9.89. The SMILES string of the molecule is O=C(NCCCN1CCN(c2ccccc2)CC1)C(=O)Nc1cccc([N+](=O)[O-])c1. The number of nitrogens with zero attached hydrogens (tertiary/aromatic N) is 3. The van der Waals surface area contributed by atoms with Crippen LogP contribution in [0.1, 0.15) is 6.42 Å². The number of nitro benzene ring substituents is 1. The smallest absolute Gasteiger partial charge is 0.313 e. The highest BCUT2D eigenvalue weighted by atomic mass is 16.6. The van der Waals surface area contributed by atoms with Crippen LogP contribution < -0.4 is 15.5 Å². The van der Waals surface area contributed by atoms with Crippen molar-refractivity contribution in [2.24, 2.45) is 0 Å². The Morgan fingerprint density at radius 2 is 1.70 bits per heavy atom. The lowest BCUT2D eigenvalue weighted by Crippen LogP contribution is -2.47. The van der Waals surface area contributed by atoms with Crippen LogP contribution in [0.5, 0.6) is 0 Å². The Labute approximate surface area is 174 Å². The molecule has 0 bridgehead atoms. The van der Waals surface area contributed by atoms with Crippen molar-refractivity contribution >= 4 is 28.9 Å². The van der Waals surface area contributed by atoms with E-state index in [1.807, 2.05) is 18.2 Å². The van der Waals surface area contributed by atoms with Crippen LogP contribution in [0.25, 0.3) is 0 Å². The molecule has 0 atom stereocenters. The lowest BCUT2D eigenvalue weighted by Gasteiger charge is -2.36. The van der Waals surface area contributed by atoms with Gasteiger partial charge in [-0.25, -0.2) is 0 Å². The van der Waals surface area contributed by atoms with Crippen molar-refractivity contribution in [2.45, 2.75) is 6.42 Å². The number of anilines is 2. The fourth-order valence-corrected chi connectivity index (χ4v) is 3.34. The standard InChI is InChI=1S/C21H25N5O4/c27-20(21(28)23-17-6-4-9-19(16-17)26(29)30)22-10-5-11-24-12-14-25(15-13-24)18-7-2-1-3-8-18/h1-4,6-9,16H,5,10-15H2,(H,22,27)(H,23,28). The summed E-state index contributed by atoms with van der Waals surface area (Å²) in [6.45, 7) is 5.06. The maximum Gasteiger partial charge on any atom is 0.313 e. The van der Waals surface area contributed by atoms with Gasteiger partial charge in [0.25, 0.3) is 5.69 Å². The molecule has 158 valence electrons. The number of hydrogen-bond donors (Lipinski definition) is 2. The van der Waals surface area contributed by atoms with E-state index in [2.05, 4.69) is 32.6 Å². The summed E-state index contributed by atoms with van der Waals surface area (Å²) in [5.74, 6) is -1.60. The zero-order valence-corrected chi connectivity index (χ0v) is 16.6. The van der Waals surface area contributed by atoms with Gasteiger partial charge in [0.2, 0.25) is 0 Å². The van der Waals surface area contributed by atoms with Gasteiger partial charge in [0, 0.05) is 56.2 Å². The summed E-state index contributed by atoms with van der Waals surface area (Å²) in [4.78, 5) is 38.8. The van der Waals surface area contributed by atoms with Crippen molar-refractivity contribution in [2.75, 3.05) is 49.5 Å². The molecule has 1 heterocycles. The normalized spacial score (nSPS) is 14.2. The number of para-hydroxylation sites is 1.